The molecule has 2 aromatic carbocycles. The van der Waals surface area contributed by atoms with Gasteiger partial charge in [-0.15, -0.1) is 0 Å². The van der Waals surface area contributed by atoms with Gasteiger partial charge in [0.25, 0.3) is 0 Å². The fourth-order valence-corrected chi connectivity index (χ4v) is 2.97. The highest BCUT2D eigenvalue weighted by atomic mass is 35.5. The molecule has 27 heavy (non-hydrogen) atoms. The predicted octanol–water partition coefficient (Wildman–Crippen LogP) is 3.37. The molecule has 0 unspecified atom stereocenters. The number of fused-ring (bicyclic) bond motifs is 1. The molecule has 0 amide bonds. The van der Waals surface area contributed by atoms with Crippen molar-refractivity contribution in [3.05, 3.63) is 59.1 Å². The molecular weight excluding hydrogens is 368 g/mol. The Hall–Kier alpha value is -3.39. The Morgan fingerprint density at radius 2 is 1.96 bits per heavy atom. The van der Waals surface area contributed by atoms with Crippen LogP contribution >= 0.6 is 11.6 Å². The number of para-hydroxylation sites is 2. The van der Waals surface area contributed by atoms with Gasteiger partial charge < -0.3 is 15.1 Å². The molecule has 2 heterocycles. The van der Waals surface area contributed by atoms with Crippen LogP contribution in [0.15, 0.2) is 58.3 Å². The first kappa shape index (κ1) is 17.0. The second-order valence-corrected chi connectivity index (χ2v) is 6.17. The molecule has 2 aromatic heterocycles. The molecule has 0 fully saturated rings. The number of aromatic nitrogens is 4. The molecule has 4 aromatic rings. The van der Waals surface area contributed by atoms with Crippen LogP contribution in [0.2, 0.25) is 5.02 Å². The van der Waals surface area contributed by atoms with E-state index in [9.17, 15) is 0 Å². The number of nitrogen functional groups attached to an aromatic ring is 1. The Morgan fingerprint density at radius 1 is 1.19 bits per heavy atom. The van der Waals surface area contributed by atoms with Gasteiger partial charge in [-0.05, 0) is 34.6 Å². The van der Waals surface area contributed by atoms with E-state index in [2.05, 4.69) is 20.5 Å². The molecule has 0 aliphatic heterocycles. The summed E-state index contributed by atoms with van der Waals surface area (Å²) in [6.45, 7) is 0.373. The van der Waals surface area contributed by atoms with Gasteiger partial charge in [-0.3, -0.25) is 0 Å². The Labute approximate surface area is 159 Å². The van der Waals surface area contributed by atoms with Crippen LogP contribution in [0.1, 0.15) is 5.56 Å². The van der Waals surface area contributed by atoms with Crippen molar-refractivity contribution in [2.45, 2.75) is 6.54 Å². The van der Waals surface area contributed by atoms with Gasteiger partial charge in [-0.1, -0.05) is 41.0 Å². The Kier molecular flexibility index (Phi) is 4.47. The van der Waals surface area contributed by atoms with Crippen molar-refractivity contribution in [2.75, 3.05) is 12.8 Å². The zero-order valence-corrected chi connectivity index (χ0v) is 15.1. The fourth-order valence-electron chi connectivity index (χ4n) is 2.84. The van der Waals surface area contributed by atoms with Crippen LogP contribution in [0.25, 0.3) is 22.6 Å². The molecule has 2 N–H and O–H groups in total. The highest BCUT2D eigenvalue weighted by Crippen LogP contribution is 2.27. The first-order valence-electron chi connectivity index (χ1n) is 8.07. The van der Waals surface area contributed by atoms with E-state index >= 15 is 0 Å². The molecule has 4 rings (SSSR count). The summed E-state index contributed by atoms with van der Waals surface area (Å²) in [6.07, 6.45) is 0. The van der Waals surface area contributed by atoms with Crippen LogP contribution in [0.3, 0.4) is 0 Å². The second-order valence-electron chi connectivity index (χ2n) is 5.74. The number of anilines is 1. The minimum atomic E-state index is 0.170. The Morgan fingerprint density at radius 3 is 2.67 bits per heavy atom. The summed E-state index contributed by atoms with van der Waals surface area (Å²) >= 11 is 6.00. The lowest BCUT2D eigenvalue weighted by molar-refractivity contribution is 0.212. The van der Waals surface area contributed by atoms with Crippen molar-refractivity contribution in [1.82, 2.24) is 19.9 Å². The maximum atomic E-state index is 6.00. The number of nitrogens with zero attached hydrogens (tertiary/aromatic N) is 5. The van der Waals surface area contributed by atoms with Gasteiger partial charge in [0.05, 0.1) is 17.6 Å². The van der Waals surface area contributed by atoms with Gasteiger partial charge in [0.2, 0.25) is 0 Å². The van der Waals surface area contributed by atoms with Crippen molar-refractivity contribution in [2.24, 2.45) is 5.16 Å². The zero-order valence-electron chi connectivity index (χ0n) is 14.3. The molecule has 0 radical (unpaired) electrons. The molecule has 136 valence electrons. The lowest BCUT2D eigenvalue weighted by Gasteiger charge is -2.11. The minimum absolute atomic E-state index is 0.170. The predicted molar refractivity (Wildman–Crippen MR) is 102 cm³/mol. The van der Waals surface area contributed by atoms with E-state index in [1.165, 1.54) is 7.11 Å². The number of hydrogen-bond donors (Lipinski definition) is 1. The van der Waals surface area contributed by atoms with Gasteiger partial charge in [0, 0.05) is 10.6 Å². The van der Waals surface area contributed by atoms with Crippen molar-refractivity contribution in [1.29, 1.82) is 0 Å². The molecule has 0 aliphatic rings. The molecule has 8 nitrogen and oxygen atoms in total. The average Bonchev–Trinajstić information content (AvgIpc) is 3.25. The van der Waals surface area contributed by atoms with E-state index < -0.39 is 0 Å². The average molecular weight is 383 g/mol. The van der Waals surface area contributed by atoms with Gasteiger partial charge in [0.1, 0.15) is 12.8 Å². The van der Waals surface area contributed by atoms with E-state index in [-0.39, 0.29) is 5.82 Å². The third kappa shape index (κ3) is 3.22. The van der Waals surface area contributed by atoms with Crippen LogP contribution < -0.4 is 5.73 Å². The molecule has 0 saturated carbocycles. The molecule has 0 saturated heterocycles. The number of nitrogens with two attached hydrogens (primary N) is 1. The van der Waals surface area contributed by atoms with Crippen molar-refractivity contribution in [3.8, 4) is 11.5 Å². The van der Waals surface area contributed by atoms with E-state index in [1.54, 1.807) is 12.1 Å². The summed E-state index contributed by atoms with van der Waals surface area (Å²) in [5, 5.41) is 12.4. The van der Waals surface area contributed by atoms with Gasteiger partial charge in [-0.25, -0.2) is 9.61 Å². The number of imidazole rings is 1. The second kappa shape index (κ2) is 7.08. The normalized spacial score (nSPS) is 11.9. The molecule has 0 atom stereocenters. The zero-order chi connectivity index (χ0) is 18.8. The minimum Gasteiger partial charge on any atom is -0.399 e. The molecule has 9 heteroatoms. The molecule has 0 spiro atoms. The van der Waals surface area contributed by atoms with Crippen molar-refractivity contribution < 1.29 is 9.47 Å². The monoisotopic (exact) mass is 382 g/mol. The van der Waals surface area contributed by atoms with Gasteiger partial charge >= 0.3 is 0 Å². The third-order valence-electron chi connectivity index (χ3n) is 4.07. The summed E-state index contributed by atoms with van der Waals surface area (Å²) < 4.78 is 6.70. The fraction of sp³-hybridized carbons (Fsp3) is 0.111. The topological polar surface area (TPSA) is 104 Å². The van der Waals surface area contributed by atoms with E-state index in [0.717, 1.165) is 16.6 Å². The van der Waals surface area contributed by atoms with Gasteiger partial charge in [-0.2, -0.15) is 0 Å². The van der Waals surface area contributed by atoms with E-state index in [0.29, 0.717) is 28.8 Å². The summed E-state index contributed by atoms with van der Waals surface area (Å²) in [5.74, 6) is 0.705. The van der Waals surface area contributed by atoms with Crippen LogP contribution in [0, 0.1) is 0 Å². The highest BCUT2D eigenvalue weighted by molar-refractivity contribution is 6.30. The molecule has 0 bridgehead atoms. The van der Waals surface area contributed by atoms with E-state index in [1.807, 2.05) is 41.0 Å². The first-order chi connectivity index (χ1) is 13.2. The number of rotatable bonds is 5. The lowest BCUT2D eigenvalue weighted by Crippen LogP contribution is -2.13. The first-order valence-corrected chi connectivity index (χ1v) is 8.45. The Bertz CT molecular complexity index is 1120. The lowest BCUT2D eigenvalue weighted by atomic mass is 10.1. The quantitative estimate of drug-likeness (QED) is 0.419. The summed E-state index contributed by atoms with van der Waals surface area (Å²) in [7, 11) is 1.50. The summed E-state index contributed by atoms with van der Waals surface area (Å²) in [4.78, 5) is 9.69. The SMILES string of the molecule is CO/N=C(/Cn1c(-c2nonc2N)nc2ccccc21)c1ccc(Cl)cc1. The maximum Gasteiger partial charge on any atom is 0.199 e. The molecule has 0 aliphatic carbocycles. The third-order valence-corrected chi connectivity index (χ3v) is 4.32. The van der Waals surface area contributed by atoms with Crippen LogP contribution in [0.5, 0.6) is 0 Å². The standard InChI is InChI=1S/C18H15ClN6O2/c1-26-22-14(11-6-8-12(19)9-7-11)10-25-15-5-3-2-4-13(15)21-18(25)16-17(20)24-27-23-16/h2-9H,10H2,1H3,(H2,20,24)/b22-14-. The van der Waals surface area contributed by atoms with E-state index in [4.69, 9.17) is 26.8 Å². The number of hydrogen-bond acceptors (Lipinski definition) is 7. The van der Waals surface area contributed by atoms with Crippen LogP contribution in [0.4, 0.5) is 5.82 Å². The number of benzene rings is 2. The van der Waals surface area contributed by atoms with Crippen molar-refractivity contribution >= 4 is 34.2 Å². The molecular formula is C18H15ClN6O2. The number of oxime groups is 1. The largest absolute Gasteiger partial charge is 0.399 e. The van der Waals surface area contributed by atoms with Crippen LogP contribution in [-0.2, 0) is 11.4 Å². The smallest absolute Gasteiger partial charge is 0.199 e. The summed E-state index contributed by atoms with van der Waals surface area (Å²) in [6, 6.07) is 15.1. The maximum absolute atomic E-state index is 6.00. The van der Waals surface area contributed by atoms with Crippen LogP contribution in [-0.4, -0.2) is 32.7 Å². The van der Waals surface area contributed by atoms with Gasteiger partial charge in [0.15, 0.2) is 17.3 Å². The Balaban J connectivity index is 1.85. The summed E-state index contributed by atoms with van der Waals surface area (Å²) in [5.41, 5.74) is 9.51. The van der Waals surface area contributed by atoms with Crippen molar-refractivity contribution in [3.63, 3.8) is 0 Å². The highest BCUT2D eigenvalue weighted by Gasteiger charge is 2.20. The number of halogens is 1.